The Kier molecular flexibility index (Phi) is 7.42. The van der Waals surface area contributed by atoms with Gasteiger partial charge < -0.3 is 17.1 Å². The monoisotopic (exact) mass is 455 g/mol. The average Bonchev–Trinajstić information content (AvgIpc) is 2.30. The zero-order valence-corrected chi connectivity index (χ0v) is 14.0. The van der Waals surface area contributed by atoms with E-state index in [4.69, 9.17) is 0 Å². The first-order chi connectivity index (χ1) is 7.31. The van der Waals surface area contributed by atoms with Gasteiger partial charge in [-0.1, -0.05) is 24.6 Å². The molecule has 1 amide bonds. The molecule has 1 aromatic carbocycles. The SMILES string of the molecule is O=[C-]C1CCN(c2ccccc2)C(=O)C1.[CH3-].[U+2]. The van der Waals surface area contributed by atoms with Crippen LogP contribution < -0.4 is 4.90 Å². The number of carbonyl (C=O) groups is 1. The topological polar surface area (TPSA) is 37.4 Å². The minimum atomic E-state index is -0.211. The van der Waals surface area contributed by atoms with E-state index in [0.717, 1.165) is 5.69 Å². The molecule has 0 N–H and O–H groups in total. The Morgan fingerprint density at radius 1 is 1.24 bits per heavy atom. The molecule has 0 saturated carbocycles. The van der Waals surface area contributed by atoms with E-state index in [2.05, 4.69) is 0 Å². The molecule has 4 heteroatoms. The Balaban J connectivity index is 0.00000128. The molecule has 1 heterocycles. The summed E-state index contributed by atoms with van der Waals surface area (Å²) in [6.45, 7) is 0.614. The summed E-state index contributed by atoms with van der Waals surface area (Å²) in [5, 5.41) is 0. The molecule has 0 bridgehead atoms. The van der Waals surface area contributed by atoms with Gasteiger partial charge in [-0.3, -0.25) is 11.1 Å². The molecule has 1 aromatic rings. The van der Waals surface area contributed by atoms with Crippen molar-refractivity contribution >= 4 is 17.9 Å². The molecule has 0 aromatic heterocycles. The van der Waals surface area contributed by atoms with E-state index in [1.165, 1.54) is 0 Å². The van der Waals surface area contributed by atoms with Gasteiger partial charge in [-0.05, 0) is 12.1 Å². The maximum Gasteiger partial charge on any atom is 2.00 e. The van der Waals surface area contributed by atoms with Gasteiger partial charge in [0, 0.05) is 18.7 Å². The molecule has 1 unspecified atom stereocenters. The molecule has 17 heavy (non-hydrogen) atoms. The standard InChI is InChI=1S/C12H12NO2.CH3.U/c14-9-10-6-7-13(12(15)8-10)11-4-2-1-3-5-11;;/h1-5,10H,6-8H2;1H3;/q2*-1;+2. The van der Waals surface area contributed by atoms with Crippen LogP contribution in [0.25, 0.3) is 0 Å². The fraction of sp³-hybridized carbons (Fsp3) is 0.308. The predicted molar refractivity (Wildman–Crippen MR) is 63.6 cm³/mol. The third kappa shape index (κ3) is 3.97. The Hall–Kier alpha value is -0.588. The van der Waals surface area contributed by atoms with Gasteiger partial charge in [0.2, 0.25) is 5.91 Å². The first kappa shape index (κ1) is 16.4. The van der Waals surface area contributed by atoms with Crippen LogP contribution in [0.15, 0.2) is 30.3 Å². The number of benzene rings is 1. The molecule has 1 saturated heterocycles. The molecule has 1 fully saturated rings. The van der Waals surface area contributed by atoms with Crippen LogP contribution in [0.4, 0.5) is 5.69 Å². The van der Waals surface area contributed by atoms with Gasteiger partial charge in [0.15, 0.2) is 0 Å². The second kappa shape index (κ2) is 7.68. The van der Waals surface area contributed by atoms with Crippen molar-refractivity contribution in [3.05, 3.63) is 37.8 Å². The van der Waals surface area contributed by atoms with Gasteiger partial charge >= 0.3 is 31.1 Å². The normalized spacial score (nSPS) is 18.9. The van der Waals surface area contributed by atoms with E-state index in [-0.39, 0.29) is 50.4 Å². The summed E-state index contributed by atoms with van der Waals surface area (Å²) in [5.41, 5.74) is 0.909. The third-order valence-electron chi connectivity index (χ3n) is 2.66. The number of hydrogen-bond acceptors (Lipinski definition) is 2. The Labute approximate surface area is 126 Å². The first-order valence-electron chi connectivity index (χ1n) is 5.04. The van der Waals surface area contributed by atoms with Crippen molar-refractivity contribution in [3.63, 3.8) is 0 Å². The van der Waals surface area contributed by atoms with Crippen molar-refractivity contribution in [1.29, 1.82) is 0 Å². The van der Waals surface area contributed by atoms with Crippen LogP contribution in [0.2, 0.25) is 0 Å². The maximum atomic E-state index is 11.7. The summed E-state index contributed by atoms with van der Waals surface area (Å²) in [6, 6.07) is 9.53. The Morgan fingerprint density at radius 2 is 1.88 bits per heavy atom. The van der Waals surface area contributed by atoms with Crippen LogP contribution in [0, 0.1) is 44.5 Å². The maximum absolute atomic E-state index is 11.7. The molecule has 0 radical (unpaired) electrons. The van der Waals surface area contributed by atoms with Crippen LogP contribution in [-0.2, 0) is 9.59 Å². The number of amides is 1. The van der Waals surface area contributed by atoms with E-state index < -0.39 is 0 Å². The summed E-state index contributed by atoms with van der Waals surface area (Å²) in [7, 11) is 0. The number of anilines is 1. The van der Waals surface area contributed by atoms with Crippen molar-refractivity contribution < 1.29 is 40.7 Å². The number of para-hydroxylation sites is 1. The van der Waals surface area contributed by atoms with Gasteiger partial charge in [-0.25, -0.2) is 0 Å². The number of hydrogen-bond donors (Lipinski definition) is 0. The van der Waals surface area contributed by atoms with Crippen LogP contribution in [0.5, 0.6) is 0 Å². The quantitative estimate of drug-likeness (QED) is 0.640. The molecule has 88 valence electrons. The molecular formula is C13H15NO2U. The first-order valence-corrected chi connectivity index (χ1v) is 5.04. The van der Waals surface area contributed by atoms with E-state index in [1.807, 2.05) is 36.6 Å². The van der Waals surface area contributed by atoms with E-state index >= 15 is 0 Å². The van der Waals surface area contributed by atoms with Gasteiger partial charge in [0.25, 0.3) is 0 Å². The molecule has 1 aliphatic rings. The zero-order chi connectivity index (χ0) is 10.7. The molecule has 0 aliphatic carbocycles. The summed E-state index contributed by atoms with van der Waals surface area (Å²) < 4.78 is 0. The summed E-state index contributed by atoms with van der Waals surface area (Å²) >= 11 is 0. The fourth-order valence-corrected chi connectivity index (χ4v) is 1.81. The molecule has 0 spiro atoms. The van der Waals surface area contributed by atoms with Crippen LogP contribution in [0.1, 0.15) is 12.8 Å². The predicted octanol–water partition coefficient (Wildman–Crippen LogP) is 1.99. The average molecular weight is 455 g/mol. The number of rotatable bonds is 2. The van der Waals surface area contributed by atoms with Gasteiger partial charge in [-0.15, -0.1) is 5.92 Å². The second-order valence-corrected chi connectivity index (χ2v) is 3.69. The van der Waals surface area contributed by atoms with Crippen LogP contribution >= 0.6 is 0 Å². The fourth-order valence-electron chi connectivity index (χ4n) is 1.81. The van der Waals surface area contributed by atoms with Crippen molar-refractivity contribution in [3.8, 4) is 0 Å². The molecule has 1 aliphatic heterocycles. The van der Waals surface area contributed by atoms with Crippen molar-refractivity contribution in [2.24, 2.45) is 5.92 Å². The van der Waals surface area contributed by atoms with Gasteiger partial charge in [-0.2, -0.15) is 0 Å². The third-order valence-corrected chi connectivity index (χ3v) is 2.66. The number of carbonyl (C=O) groups excluding carboxylic acids is 2. The molecule has 1 atom stereocenters. The summed E-state index contributed by atoms with van der Waals surface area (Å²) in [6.07, 6.45) is 2.91. The number of piperidine rings is 1. The van der Waals surface area contributed by atoms with Gasteiger partial charge in [0.05, 0.1) is 0 Å². The number of nitrogens with zero attached hydrogens (tertiary/aromatic N) is 1. The molecular weight excluding hydrogens is 440 g/mol. The zero-order valence-electron chi connectivity index (χ0n) is 9.85. The summed E-state index contributed by atoms with van der Waals surface area (Å²) in [5.74, 6) is -0.196. The van der Waals surface area contributed by atoms with E-state index in [9.17, 15) is 9.59 Å². The largest absolute Gasteiger partial charge is 2.00 e. The molecule has 2 rings (SSSR count). The van der Waals surface area contributed by atoms with Crippen molar-refractivity contribution in [1.82, 2.24) is 0 Å². The minimum Gasteiger partial charge on any atom is -0.541 e. The van der Waals surface area contributed by atoms with Crippen molar-refractivity contribution in [2.75, 3.05) is 11.4 Å². The Bertz CT molecular complexity index is 367. The molecule has 3 nitrogen and oxygen atoms in total. The second-order valence-electron chi connectivity index (χ2n) is 3.69. The smallest absolute Gasteiger partial charge is 0.541 e. The van der Waals surface area contributed by atoms with Crippen LogP contribution in [0.3, 0.4) is 0 Å². The Morgan fingerprint density at radius 3 is 2.41 bits per heavy atom. The van der Waals surface area contributed by atoms with E-state index in [0.29, 0.717) is 19.4 Å². The summed E-state index contributed by atoms with van der Waals surface area (Å²) in [4.78, 5) is 23.9. The van der Waals surface area contributed by atoms with Crippen LogP contribution in [-0.4, -0.2) is 18.7 Å². The van der Waals surface area contributed by atoms with Crippen molar-refractivity contribution in [2.45, 2.75) is 12.8 Å². The van der Waals surface area contributed by atoms with E-state index in [1.54, 1.807) is 4.90 Å². The van der Waals surface area contributed by atoms with Gasteiger partial charge in [0.1, 0.15) is 0 Å². The minimum absolute atomic E-state index is 0.